The fraction of sp³-hybridized carbons (Fsp3) is 0.583. The molecule has 8 heteroatoms. The number of nitrogens with two attached hydrogens (primary N) is 1. The van der Waals surface area contributed by atoms with Crippen LogP contribution >= 0.6 is 0 Å². The molecule has 0 atom stereocenters. The van der Waals surface area contributed by atoms with Gasteiger partial charge in [0.05, 0.1) is 11.2 Å². The number of rotatable bonds is 1. The van der Waals surface area contributed by atoms with Gasteiger partial charge < -0.3 is 15.0 Å². The highest BCUT2D eigenvalue weighted by atomic mass is 19.4. The number of alkyl halides is 3. The van der Waals surface area contributed by atoms with E-state index in [0.717, 1.165) is 0 Å². The fourth-order valence-corrected chi connectivity index (χ4v) is 1.87. The molecule has 1 aliphatic heterocycles. The van der Waals surface area contributed by atoms with Crippen molar-refractivity contribution < 1.29 is 22.5 Å². The average molecular weight is 288 g/mol. The minimum Gasteiger partial charge on any atom is -0.399 e. The summed E-state index contributed by atoms with van der Waals surface area (Å²) in [5.74, 6) is -0.197. The molecule has 2 heterocycles. The van der Waals surface area contributed by atoms with Gasteiger partial charge in [0.25, 0.3) is 0 Å². The average Bonchev–Trinajstić information content (AvgIpc) is 2.46. The number of pyridine rings is 1. The Morgan fingerprint density at radius 2 is 1.60 bits per heavy atom. The zero-order valence-corrected chi connectivity index (χ0v) is 11.7. The molecule has 0 spiro atoms. The molecule has 2 rings (SSSR count). The summed E-state index contributed by atoms with van der Waals surface area (Å²) in [6.45, 7) is 7.08. The Hall–Kier alpha value is -1.28. The summed E-state index contributed by atoms with van der Waals surface area (Å²) in [6.07, 6.45) is -4.62. The fourth-order valence-electron chi connectivity index (χ4n) is 1.87. The highest BCUT2D eigenvalue weighted by Gasteiger charge is 2.54. The third-order valence-corrected chi connectivity index (χ3v) is 3.72. The van der Waals surface area contributed by atoms with Gasteiger partial charge in [0.15, 0.2) is 0 Å². The number of halogens is 3. The lowest BCUT2D eigenvalue weighted by molar-refractivity contribution is -0.140. The van der Waals surface area contributed by atoms with Gasteiger partial charge in [0, 0.05) is 5.46 Å². The normalized spacial score (nSPS) is 21.2. The summed E-state index contributed by atoms with van der Waals surface area (Å²) in [5, 5.41) is 0. The molecule has 110 valence electrons. The quantitative estimate of drug-likeness (QED) is 0.803. The van der Waals surface area contributed by atoms with Crippen molar-refractivity contribution in [3.05, 3.63) is 17.8 Å². The van der Waals surface area contributed by atoms with Crippen LogP contribution in [0.1, 0.15) is 33.4 Å². The Balaban J connectivity index is 2.46. The van der Waals surface area contributed by atoms with E-state index in [1.807, 2.05) is 0 Å². The third-order valence-electron chi connectivity index (χ3n) is 3.72. The molecular weight excluding hydrogens is 272 g/mol. The highest BCUT2D eigenvalue weighted by molar-refractivity contribution is 6.62. The predicted octanol–water partition coefficient (Wildman–Crippen LogP) is 1.98. The zero-order chi connectivity index (χ0) is 15.3. The summed E-state index contributed by atoms with van der Waals surface area (Å²) >= 11 is 0. The molecule has 1 saturated heterocycles. The van der Waals surface area contributed by atoms with Crippen LogP contribution in [0.2, 0.25) is 0 Å². The number of nitrogen functional groups attached to an aromatic ring is 1. The Morgan fingerprint density at radius 3 is 2.05 bits per heavy atom. The Bertz CT molecular complexity index is 516. The molecule has 1 aromatic rings. The van der Waals surface area contributed by atoms with Crippen molar-refractivity contribution in [3.8, 4) is 0 Å². The first-order valence-electron chi connectivity index (χ1n) is 6.13. The van der Waals surface area contributed by atoms with Crippen LogP contribution in [0.4, 0.5) is 19.0 Å². The summed E-state index contributed by atoms with van der Waals surface area (Å²) in [4.78, 5) is 3.38. The third kappa shape index (κ3) is 2.49. The van der Waals surface area contributed by atoms with E-state index >= 15 is 0 Å². The molecule has 0 unspecified atom stereocenters. The number of hydrogen-bond acceptors (Lipinski definition) is 4. The molecule has 0 bridgehead atoms. The smallest absolute Gasteiger partial charge is 0.399 e. The summed E-state index contributed by atoms with van der Waals surface area (Å²) in [6, 6.07) is 2.54. The van der Waals surface area contributed by atoms with Crippen LogP contribution in [0.5, 0.6) is 0 Å². The molecular formula is C12H16BF3N2O2. The maximum atomic E-state index is 13.0. The van der Waals surface area contributed by atoms with Gasteiger partial charge in [0.1, 0.15) is 11.5 Å². The van der Waals surface area contributed by atoms with Crippen LogP contribution in [0, 0.1) is 0 Å². The molecule has 4 nitrogen and oxygen atoms in total. The van der Waals surface area contributed by atoms with Crippen LogP contribution < -0.4 is 11.2 Å². The molecule has 1 aromatic heterocycles. The molecule has 0 amide bonds. The molecule has 0 aromatic carbocycles. The minimum atomic E-state index is -4.62. The second-order valence-corrected chi connectivity index (χ2v) is 5.76. The SMILES string of the molecule is CC1(C)OB(c2ccc(N)nc2C(F)(F)F)OC1(C)C. The van der Waals surface area contributed by atoms with E-state index in [-0.39, 0.29) is 11.3 Å². The zero-order valence-electron chi connectivity index (χ0n) is 11.7. The van der Waals surface area contributed by atoms with Crippen LogP contribution in [0.25, 0.3) is 0 Å². The molecule has 1 fully saturated rings. The van der Waals surface area contributed by atoms with Gasteiger partial charge in [-0.1, -0.05) is 6.07 Å². The maximum absolute atomic E-state index is 13.0. The van der Waals surface area contributed by atoms with Gasteiger partial charge in [-0.2, -0.15) is 13.2 Å². The van der Waals surface area contributed by atoms with Gasteiger partial charge in [-0.3, -0.25) is 0 Å². The topological polar surface area (TPSA) is 57.4 Å². The van der Waals surface area contributed by atoms with Crippen molar-refractivity contribution >= 4 is 18.4 Å². The van der Waals surface area contributed by atoms with Crippen LogP contribution in [0.15, 0.2) is 12.1 Å². The van der Waals surface area contributed by atoms with Gasteiger partial charge in [-0.05, 0) is 33.8 Å². The van der Waals surface area contributed by atoms with Crippen molar-refractivity contribution in [2.45, 2.75) is 45.1 Å². The van der Waals surface area contributed by atoms with Crippen molar-refractivity contribution in [2.24, 2.45) is 0 Å². The largest absolute Gasteiger partial charge is 0.497 e. The summed E-state index contributed by atoms with van der Waals surface area (Å²) in [5.41, 5.74) is 2.66. The van der Waals surface area contributed by atoms with Crippen molar-refractivity contribution in [1.82, 2.24) is 4.98 Å². The Labute approximate surface area is 115 Å². The molecule has 2 N–H and O–H groups in total. The summed E-state index contributed by atoms with van der Waals surface area (Å²) < 4.78 is 50.4. The van der Waals surface area contributed by atoms with E-state index in [2.05, 4.69) is 4.98 Å². The Morgan fingerprint density at radius 1 is 1.10 bits per heavy atom. The number of nitrogens with zero attached hydrogens (tertiary/aromatic N) is 1. The van der Waals surface area contributed by atoms with Gasteiger partial charge >= 0.3 is 13.3 Å². The van der Waals surface area contributed by atoms with E-state index in [1.54, 1.807) is 27.7 Å². The standard InChI is InChI=1S/C12H16BF3N2O2/c1-10(2)11(3,4)20-13(19-10)7-5-6-8(17)18-9(7)12(14,15)16/h5-6H,1-4H3,(H2,17,18). The van der Waals surface area contributed by atoms with Gasteiger partial charge in [0.2, 0.25) is 0 Å². The first kappa shape index (κ1) is 15.1. The molecule has 1 aliphatic rings. The molecule has 20 heavy (non-hydrogen) atoms. The number of hydrogen-bond donors (Lipinski definition) is 1. The first-order chi connectivity index (χ1) is 8.94. The van der Waals surface area contributed by atoms with E-state index in [4.69, 9.17) is 15.0 Å². The Kier molecular flexibility index (Phi) is 3.30. The minimum absolute atomic E-state index is 0.162. The maximum Gasteiger partial charge on any atom is 0.497 e. The first-order valence-corrected chi connectivity index (χ1v) is 6.13. The van der Waals surface area contributed by atoms with Crippen LogP contribution in [0.3, 0.4) is 0 Å². The van der Waals surface area contributed by atoms with Crippen LogP contribution in [-0.4, -0.2) is 23.3 Å². The summed E-state index contributed by atoms with van der Waals surface area (Å²) in [7, 11) is -1.12. The number of aromatic nitrogens is 1. The number of anilines is 1. The second kappa shape index (κ2) is 4.36. The van der Waals surface area contributed by atoms with Crippen LogP contribution in [-0.2, 0) is 15.5 Å². The van der Waals surface area contributed by atoms with E-state index in [0.29, 0.717) is 0 Å². The van der Waals surface area contributed by atoms with Crippen molar-refractivity contribution in [1.29, 1.82) is 0 Å². The predicted molar refractivity (Wildman–Crippen MR) is 69.4 cm³/mol. The monoisotopic (exact) mass is 288 g/mol. The second-order valence-electron chi connectivity index (χ2n) is 5.76. The van der Waals surface area contributed by atoms with E-state index in [9.17, 15) is 13.2 Å². The highest BCUT2D eigenvalue weighted by Crippen LogP contribution is 2.37. The molecule has 0 radical (unpaired) electrons. The van der Waals surface area contributed by atoms with E-state index in [1.165, 1.54) is 12.1 Å². The molecule has 0 aliphatic carbocycles. The molecule has 0 saturated carbocycles. The van der Waals surface area contributed by atoms with E-state index < -0.39 is 30.2 Å². The van der Waals surface area contributed by atoms with Crippen molar-refractivity contribution in [2.75, 3.05) is 5.73 Å². The van der Waals surface area contributed by atoms with Gasteiger partial charge in [-0.15, -0.1) is 0 Å². The lowest BCUT2D eigenvalue weighted by atomic mass is 9.77. The lowest BCUT2D eigenvalue weighted by Crippen LogP contribution is -2.41. The lowest BCUT2D eigenvalue weighted by Gasteiger charge is -2.32. The van der Waals surface area contributed by atoms with Crippen molar-refractivity contribution in [3.63, 3.8) is 0 Å². The van der Waals surface area contributed by atoms with Gasteiger partial charge in [-0.25, -0.2) is 4.98 Å².